The van der Waals surface area contributed by atoms with Crippen molar-refractivity contribution in [2.24, 2.45) is 5.92 Å². The first-order valence-electron chi connectivity index (χ1n) is 9.73. The second-order valence-electron chi connectivity index (χ2n) is 7.77. The number of halogens is 1. The van der Waals surface area contributed by atoms with E-state index in [9.17, 15) is 13.5 Å². The molecule has 1 N–H and O–H groups in total. The Kier molecular flexibility index (Phi) is 7.46. The Labute approximate surface area is 186 Å². The molecule has 0 bridgehead atoms. The highest BCUT2D eigenvalue weighted by atomic mass is 79.9. The lowest BCUT2D eigenvalue weighted by atomic mass is 10.0. The molecule has 2 heterocycles. The lowest BCUT2D eigenvalue weighted by Crippen LogP contribution is -2.49. The molecule has 0 radical (unpaired) electrons. The summed E-state index contributed by atoms with van der Waals surface area (Å²) in [7, 11) is -1.83. The van der Waals surface area contributed by atoms with Crippen molar-refractivity contribution < 1.29 is 18.3 Å². The van der Waals surface area contributed by atoms with E-state index < -0.39 is 16.1 Å². The van der Waals surface area contributed by atoms with Gasteiger partial charge in [-0.3, -0.25) is 4.90 Å². The Morgan fingerprint density at radius 1 is 1.37 bits per heavy atom. The molecule has 0 fully saturated rings. The van der Waals surface area contributed by atoms with Crippen molar-refractivity contribution in [2.75, 3.05) is 26.7 Å². The van der Waals surface area contributed by atoms with Crippen molar-refractivity contribution in [2.45, 2.75) is 37.4 Å². The Bertz CT molecular complexity index is 961. The van der Waals surface area contributed by atoms with Gasteiger partial charge in [-0.05, 0) is 32.2 Å². The Morgan fingerprint density at radius 3 is 2.73 bits per heavy atom. The number of ether oxygens (including phenoxy) is 1. The molecular formula is C20H27BrN4O4S. The number of fused-ring (bicyclic) bond motifs is 1. The summed E-state index contributed by atoms with van der Waals surface area (Å²) in [6, 6.07) is 4.38. The van der Waals surface area contributed by atoms with E-state index in [2.05, 4.69) is 30.8 Å². The minimum absolute atomic E-state index is 0.102. The van der Waals surface area contributed by atoms with Crippen LogP contribution >= 0.6 is 15.9 Å². The molecular weight excluding hydrogens is 472 g/mol. The first-order valence-corrected chi connectivity index (χ1v) is 12.0. The number of aliphatic hydroxyl groups is 1. The van der Waals surface area contributed by atoms with Crippen LogP contribution in [0.2, 0.25) is 0 Å². The maximum Gasteiger partial charge on any atom is 0.247 e. The Balaban J connectivity index is 1.92. The van der Waals surface area contributed by atoms with E-state index in [1.54, 1.807) is 37.5 Å². The van der Waals surface area contributed by atoms with E-state index in [0.29, 0.717) is 18.8 Å². The van der Waals surface area contributed by atoms with Gasteiger partial charge in [0.15, 0.2) is 0 Å². The smallest absolute Gasteiger partial charge is 0.247 e. The summed E-state index contributed by atoms with van der Waals surface area (Å²) < 4.78 is 35.0. The zero-order chi connectivity index (χ0) is 21.9. The van der Waals surface area contributed by atoms with Crippen LogP contribution in [0, 0.1) is 5.92 Å². The van der Waals surface area contributed by atoms with Crippen molar-refractivity contribution in [3.05, 3.63) is 47.0 Å². The van der Waals surface area contributed by atoms with Gasteiger partial charge in [0.1, 0.15) is 23.1 Å². The van der Waals surface area contributed by atoms with Gasteiger partial charge in [0.05, 0.1) is 6.61 Å². The van der Waals surface area contributed by atoms with Crippen LogP contribution in [0.5, 0.6) is 5.75 Å². The van der Waals surface area contributed by atoms with Gasteiger partial charge in [0, 0.05) is 54.0 Å². The highest BCUT2D eigenvalue weighted by Gasteiger charge is 2.38. The van der Waals surface area contributed by atoms with Crippen LogP contribution in [0.1, 0.15) is 19.4 Å². The molecule has 1 aliphatic rings. The average Bonchev–Trinajstić information content (AvgIpc) is 2.70. The van der Waals surface area contributed by atoms with E-state index in [0.717, 1.165) is 10.0 Å². The summed E-state index contributed by atoms with van der Waals surface area (Å²) in [5.74, 6) is 0.211. The van der Waals surface area contributed by atoms with E-state index >= 15 is 0 Å². The topological polar surface area (TPSA) is 95.9 Å². The second-order valence-corrected chi connectivity index (χ2v) is 10.5. The van der Waals surface area contributed by atoms with Gasteiger partial charge < -0.3 is 9.84 Å². The van der Waals surface area contributed by atoms with Gasteiger partial charge in [-0.15, -0.1) is 0 Å². The molecule has 1 aliphatic heterocycles. The number of hydrogen-bond donors (Lipinski definition) is 1. The fourth-order valence-electron chi connectivity index (χ4n) is 3.51. The summed E-state index contributed by atoms with van der Waals surface area (Å²) >= 11 is 3.41. The molecule has 30 heavy (non-hydrogen) atoms. The predicted molar refractivity (Wildman–Crippen MR) is 117 cm³/mol. The third-order valence-electron chi connectivity index (χ3n) is 5.19. The molecule has 1 aromatic carbocycles. The zero-order valence-electron chi connectivity index (χ0n) is 17.3. The van der Waals surface area contributed by atoms with Gasteiger partial charge in [0.25, 0.3) is 0 Å². The van der Waals surface area contributed by atoms with E-state index in [1.165, 1.54) is 10.6 Å². The third kappa shape index (κ3) is 5.17. The second kappa shape index (κ2) is 9.69. The van der Waals surface area contributed by atoms with Crippen LogP contribution in [0.3, 0.4) is 0 Å². The minimum atomic E-state index is -3.81. The van der Waals surface area contributed by atoms with Gasteiger partial charge >= 0.3 is 0 Å². The van der Waals surface area contributed by atoms with E-state index in [-0.39, 0.29) is 30.1 Å². The number of aromatic nitrogens is 2. The Hall–Kier alpha value is -1.59. The van der Waals surface area contributed by atoms with Crippen molar-refractivity contribution in [1.82, 2.24) is 19.2 Å². The molecule has 0 spiro atoms. The van der Waals surface area contributed by atoms with E-state index in [1.807, 2.05) is 14.0 Å². The van der Waals surface area contributed by atoms with Crippen LogP contribution in [-0.4, -0.2) is 71.6 Å². The van der Waals surface area contributed by atoms with Gasteiger partial charge in [0.2, 0.25) is 10.0 Å². The lowest BCUT2D eigenvalue weighted by molar-refractivity contribution is 0.0732. The molecule has 164 valence electrons. The van der Waals surface area contributed by atoms with Crippen LogP contribution in [0.15, 0.2) is 46.3 Å². The largest absolute Gasteiger partial charge is 0.487 e. The molecule has 0 amide bonds. The highest BCUT2D eigenvalue weighted by molar-refractivity contribution is 9.10. The summed E-state index contributed by atoms with van der Waals surface area (Å²) in [6.45, 7) is 4.92. The molecule has 0 saturated carbocycles. The zero-order valence-corrected chi connectivity index (χ0v) is 19.7. The molecule has 0 unspecified atom stereocenters. The maximum absolute atomic E-state index is 13.3. The quantitative estimate of drug-likeness (QED) is 0.651. The first-order chi connectivity index (χ1) is 14.2. The van der Waals surface area contributed by atoms with E-state index in [4.69, 9.17) is 4.74 Å². The molecule has 3 atom stereocenters. The van der Waals surface area contributed by atoms with Crippen molar-refractivity contribution in [1.29, 1.82) is 0 Å². The summed E-state index contributed by atoms with van der Waals surface area (Å²) in [5, 5.41) is 9.67. The lowest BCUT2D eigenvalue weighted by Gasteiger charge is -2.37. The Morgan fingerprint density at radius 2 is 2.07 bits per heavy atom. The molecule has 1 aromatic heterocycles. The number of aliphatic hydroxyl groups excluding tert-OH is 1. The normalized spacial score (nSPS) is 22.6. The summed E-state index contributed by atoms with van der Waals surface area (Å²) in [6.07, 6.45) is 4.79. The molecule has 0 saturated heterocycles. The van der Waals surface area contributed by atoms with Gasteiger partial charge in [-0.25, -0.2) is 18.4 Å². The standard InChI is InChI=1S/C20H27BrN4O4S/c1-14-9-25(15(2)12-26)30(27,28)20-5-4-17(21)6-18(20)29-19(14)11-24(3)10-16-7-22-13-23-8-16/h4-8,13-15,19,26H,9-12H2,1-3H3/t14-,15+,19-/m1/s1. The van der Waals surface area contributed by atoms with Crippen molar-refractivity contribution in [3.8, 4) is 5.75 Å². The number of benzene rings is 1. The minimum Gasteiger partial charge on any atom is -0.487 e. The maximum atomic E-state index is 13.3. The van der Waals surface area contributed by atoms with Crippen molar-refractivity contribution >= 4 is 26.0 Å². The monoisotopic (exact) mass is 498 g/mol. The summed E-state index contributed by atoms with van der Waals surface area (Å²) in [5.41, 5.74) is 0.986. The molecule has 2 aromatic rings. The van der Waals surface area contributed by atoms with Gasteiger partial charge in [-0.2, -0.15) is 4.31 Å². The number of likely N-dealkylation sites (N-methyl/N-ethyl adjacent to an activating group) is 1. The van der Waals surface area contributed by atoms with Crippen LogP contribution < -0.4 is 4.74 Å². The molecule has 0 aliphatic carbocycles. The van der Waals surface area contributed by atoms with Crippen LogP contribution in [0.4, 0.5) is 0 Å². The third-order valence-corrected chi connectivity index (χ3v) is 7.70. The first kappa shape index (κ1) is 23.1. The predicted octanol–water partition coefficient (Wildman–Crippen LogP) is 2.14. The SMILES string of the molecule is C[C@@H]1CN([C@@H](C)CO)S(=O)(=O)c2ccc(Br)cc2O[C@@H]1CN(C)Cc1cncnc1. The summed E-state index contributed by atoms with van der Waals surface area (Å²) in [4.78, 5) is 10.3. The van der Waals surface area contributed by atoms with Crippen LogP contribution in [-0.2, 0) is 16.6 Å². The molecule has 10 heteroatoms. The number of rotatable bonds is 6. The van der Waals surface area contributed by atoms with Crippen LogP contribution in [0.25, 0.3) is 0 Å². The number of sulfonamides is 1. The molecule has 3 rings (SSSR count). The fraction of sp³-hybridized carbons (Fsp3) is 0.500. The van der Waals surface area contributed by atoms with Gasteiger partial charge in [-0.1, -0.05) is 22.9 Å². The average molecular weight is 499 g/mol. The number of hydrogen-bond acceptors (Lipinski definition) is 7. The molecule has 8 nitrogen and oxygen atoms in total. The fourth-order valence-corrected chi connectivity index (χ4v) is 5.68. The highest BCUT2D eigenvalue weighted by Crippen LogP contribution is 2.35. The van der Waals surface area contributed by atoms with Crippen molar-refractivity contribution in [3.63, 3.8) is 0 Å². The number of nitrogens with zero attached hydrogens (tertiary/aromatic N) is 4.